The van der Waals surface area contributed by atoms with Crippen molar-refractivity contribution >= 4 is 27.7 Å². The Morgan fingerprint density at radius 3 is 1.76 bits per heavy atom. The SMILES string of the molecule is CC(C)OC(=O)c1ccc(C(=O)c2ccc(Br)cc2)cc1. The van der Waals surface area contributed by atoms with E-state index in [1.807, 2.05) is 12.1 Å². The zero-order valence-corrected chi connectivity index (χ0v) is 13.4. The summed E-state index contributed by atoms with van der Waals surface area (Å²) in [7, 11) is 0. The monoisotopic (exact) mass is 346 g/mol. The Balaban J connectivity index is 2.17. The van der Waals surface area contributed by atoms with E-state index in [2.05, 4.69) is 15.9 Å². The van der Waals surface area contributed by atoms with Crippen molar-refractivity contribution in [2.45, 2.75) is 20.0 Å². The summed E-state index contributed by atoms with van der Waals surface area (Å²) in [6, 6.07) is 13.7. The van der Waals surface area contributed by atoms with Gasteiger partial charge in [-0.3, -0.25) is 4.79 Å². The molecule has 2 aromatic carbocycles. The maximum Gasteiger partial charge on any atom is 0.338 e. The number of ether oxygens (including phenoxy) is 1. The number of rotatable bonds is 4. The number of hydrogen-bond donors (Lipinski definition) is 0. The summed E-state index contributed by atoms with van der Waals surface area (Å²) in [5, 5.41) is 0. The maximum absolute atomic E-state index is 12.3. The van der Waals surface area contributed by atoms with E-state index in [-0.39, 0.29) is 17.9 Å². The highest BCUT2D eigenvalue weighted by Gasteiger charge is 2.12. The molecule has 4 heteroatoms. The molecule has 2 aromatic rings. The highest BCUT2D eigenvalue weighted by molar-refractivity contribution is 9.10. The van der Waals surface area contributed by atoms with Gasteiger partial charge < -0.3 is 4.74 Å². The fourth-order valence-corrected chi connectivity index (χ4v) is 2.07. The Labute approximate surface area is 132 Å². The Bertz CT molecular complexity index is 643. The fraction of sp³-hybridized carbons (Fsp3) is 0.176. The van der Waals surface area contributed by atoms with Gasteiger partial charge in [0.25, 0.3) is 0 Å². The highest BCUT2D eigenvalue weighted by atomic mass is 79.9. The van der Waals surface area contributed by atoms with Crippen LogP contribution in [-0.2, 0) is 4.74 Å². The minimum atomic E-state index is -0.382. The number of ketones is 1. The molecule has 0 bridgehead atoms. The molecule has 0 aliphatic heterocycles. The quantitative estimate of drug-likeness (QED) is 0.614. The summed E-state index contributed by atoms with van der Waals surface area (Å²) >= 11 is 3.33. The molecule has 0 atom stereocenters. The van der Waals surface area contributed by atoms with Crippen molar-refractivity contribution in [3.63, 3.8) is 0 Å². The third-order valence-electron chi connectivity index (χ3n) is 2.83. The maximum atomic E-state index is 12.3. The van der Waals surface area contributed by atoms with Crippen LogP contribution in [0.4, 0.5) is 0 Å². The lowest BCUT2D eigenvalue weighted by atomic mass is 10.0. The van der Waals surface area contributed by atoms with Crippen molar-refractivity contribution in [2.75, 3.05) is 0 Å². The van der Waals surface area contributed by atoms with Crippen molar-refractivity contribution in [2.24, 2.45) is 0 Å². The topological polar surface area (TPSA) is 43.4 Å². The van der Waals surface area contributed by atoms with Crippen molar-refractivity contribution < 1.29 is 14.3 Å². The Morgan fingerprint density at radius 2 is 1.29 bits per heavy atom. The Kier molecular flexibility index (Phi) is 4.91. The van der Waals surface area contributed by atoms with E-state index in [0.717, 1.165) is 4.47 Å². The van der Waals surface area contributed by atoms with Gasteiger partial charge in [-0.05, 0) is 50.2 Å². The van der Waals surface area contributed by atoms with Crippen LogP contribution in [0.25, 0.3) is 0 Å². The molecule has 0 N–H and O–H groups in total. The number of esters is 1. The van der Waals surface area contributed by atoms with Crippen LogP contribution in [-0.4, -0.2) is 17.9 Å². The predicted octanol–water partition coefficient (Wildman–Crippen LogP) is 4.25. The van der Waals surface area contributed by atoms with Crippen LogP contribution in [0.5, 0.6) is 0 Å². The smallest absolute Gasteiger partial charge is 0.338 e. The molecule has 0 heterocycles. The molecule has 21 heavy (non-hydrogen) atoms. The van der Waals surface area contributed by atoms with E-state index in [1.54, 1.807) is 50.2 Å². The van der Waals surface area contributed by atoms with Crippen molar-refractivity contribution in [1.29, 1.82) is 0 Å². The minimum Gasteiger partial charge on any atom is -0.459 e. The van der Waals surface area contributed by atoms with Crippen LogP contribution < -0.4 is 0 Å². The van der Waals surface area contributed by atoms with Gasteiger partial charge in [0.15, 0.2) is 5.78 Å². The van der Waals surface area contributed by atoms with Crippen LogP contribution in [0.15, 0.2) is 53.0 Å². The molecular formula is C17H15BrO3. The first-order chi connectivity index (χ1) is 9.97. The van der Waals surface area contributed by atoms with Crippen LogP contribution in [0.1, 0.15) is 40.1 Å². The van der Waals surface area contributed by atoms with Gasteiger partial charge in [0, 0.05) is 15.6 Å². The largest absolute Gasteiger partial charge is 0.459 e. The summed E-state index contributed by atoms with van der Waals surface area (Å²) in [5.74, 6) is -0.459. The number of carbonyl (C=O) groups excluding carboxylic acids is 2. The van der Waals surface area contributed by atoms with Crippen LogP contribution in [0.3, 0.4) is 0 Å². The molecule has 0 saturated carbocycles. The number of halogens is 1. The highest BCUT2D eigenvalue weighted by Crippen LogP contribution is 2.15. The van der Waals surface area contributed by atoms with Gasteiger partial charge in [-0.25, -0.2) is 4.79 Å². The lowest BCUT2D eigenvalue weighted by Crippen LogP contribution is -2.11. The Hall–Kier alpha value is -1.94. The number of carbonyl (C=O) groups is 2. The molecule has 0 fully saturated rings. The van der Waals surface area contributed by atoms with Gasteiger partial charge >= 0.3 is 5.97 Å². The van der Waals surface area contributed by atoms with E-state index in [9.17, 15) is 9.59 Å². The summed E-state index contributed by atoms with van der Waals surface area (Å²) in [6.07, 6.45) is -0.165. The second-order valence-corrected chi connectivity index (χ2v) is 5.78. The van der Waals surface area contributed by atoms with E-state index in [0.29, 0.717) is 16.7 Å². The minimum absolute atomic E-state index is 0.0775. The molecule has 0 aliphatic carbocycles. The standard InChI is InChI=1S/C17H15BrO3/c1-11(2)21-17(20)14-5-3-12(4-6-14)16(19)13-7-9-15(18)10-8-13/h3-11H,1-2H3. The summed E-state index contributed by atoms with van der Waals surface area (Å²) < 4.78 is 6.03. The van der Waals surface area contributed by atoms with Crippen LogP contribution >= 0.6 is 15.9 Å². The second kappa shape index (κ2) is 6.68. The molecule has 0 saturated heterocycles. The summed E-state index contributed by atoms with van der Waals surface area (Å²) in [4.78, 5) is 24.0. The molecule has 0 aliphatic rings. The molecule has 3 nitrogen and oxygen atoms in total. The van der Waals surface area contributed by atoms with E-state index in [4.69, 9.17) is 4.74 Å². The van der Waals surface area contributed by atoms with Crippen molar-refractivity contribution in [3.05, 3.63) is 69.7 Å². The first-order valence-corrected chi connectivity index (χ1v) is 7.38. The molecular weight excluding hydrogens is 332 g/mol. The van der Waals surface area contributed by atoms with Gasteiger partial charge in [-0.15, -0.1) is 0 Å². The molecule has 0 aromatic heterocycles. The van der Waals surface area contributed by atoms with Crippen LogP contribution in [0.2, 0.25) is 0 Å². The van der Waals surface area contributed by atoms with Gasteiger partial charge in [-0.1, -0.05) is 28.1 Å². The van der Waals surface area contributed by atoms with E-state index >= 15 is 0 Å². The molecule has 0 radical (unpaired) electrons. The second-order valence-electron chi connectivity index (χ2n) is 4.87. The zero-order valence-electron chi connectivity index (χ0n) is 11.8. The molecule has 2 rings (SSSR count). The van der Waals surface area contributed by atoms with Crippen molar-refractivity contribution in [1.82, 2.24) is 0 Å². The van der Waals surface area contributed by atoms with Gasteiger partial charge in [-0.2, -0.15) is 0 Å². The first-order valence-electron chi connectivity index (χ1n) is 6.58. The predicted molar refractivity (Wildman–Crippen MR) is 84.6 cm³/mol. The number of hydrogen-bond acceptors (Lipinski definition) is 3. The zero-order chi connectivity index (χ0) is 15.4. The average molecular weight is 347 g/mol. The molecule has 0 spiro atoms. The van der Waals surface area contributed by atoms with Gasteiger partial charge in [0.1, 0.15) is 0 Å². The fourth-order valence-electron chi connectivity index (χ4n) is 1.81. The van der Waals surface area contributed by atoms with E-state index in [1.165, 1.54) is 0 Å². The third-order valence-corrected chi connectivity index (χ3v) is 3.36. The van der Waals surface area contributed by atoms with Crippen LogP contribution in [0, 0.1) is 0 Å². The lowest BCUT2D eigenvalue weighted by Gasteiger charge is -2.08. The van der Waals surface area contributed by atoms with Gasteiger partial charge in [0.05, 0.1) is 11.7 Å². The van der Waals surface area contributed by atoms with E-state index < -0.39 is 0 Å². The normalized spacial score (nSPS) is 10.5. The Morgan fingerprint density at radius 1 is 0.857 bits per heavy atom. The first kappa shape index (κ1) is 15.4. The summed E-state index contributed by atoms with van der Waals surface area (Å²) in [6.45, 7) is 3.59. The average Bonchev–Trinajstić information content (AvgIpc) is 2.47. The van der Waals surface area contributed by atoms with Crippen molar-refractivity contribution in [3.8, 4) is 0 Å². The molecule has 108 valence electrons. The third kappa shape index (κ3) is 4.02. The summed E-state index contributed by atoms with van der Waals surface area (Å²) in [5.41, 5.74) is 1.59. The lowest BCUT2D eigenvalue weighted by molar-refractivity contribution is 0.0377. The molecule has 0 amide bonds. The number of benzene rings is 2. The van der Waals surface area contributed by atoms with Gasteiger partial charge in [0.2, 0.25) is 0 Å². The molecule has 0 unspecified atom stereocenters.